The second-order valence-electron chi connectivity index (χ2n) is 2.25. The molecular weight excluding hydrogens is 288 g/mol. The fourth-order valence-corrected chi connectivity index (χ4v) is 1.79. The van der Waals surface area contributed by atoms with Gasteiger partial charge in [-0.3, -0.25) is 0 Å². The van der Waals surface area contributed by atoms with Crippen molar-refractivity contribution >= 4 is 37.5 Å². The fourth-order valence-electron chi connectivity index (χ4n) is 0.792. The molecular formula is C7H8Br2N2O. The molecule has 0 aliphatic rings. The van der Waals surface area contributed by atoms with Gasteiger partial charge in [0.05, 0.1) is 23.0 Å². The second kappa shape index (κ2) is 3.62. The smallest absolute Gasteiger partial charge is 0.230 e. The van der Waals surface area contributed by atoms with E-state index < -0.39 is 0 Å². The lowest BCUT2D eigenvalue weighted by Crippen LogP contribution is -1.98. The zero-order valence-corrected chi connectivity index (χ0v) is 9.86. The van der Waals surface area contributed by atoms with Crippen LogP contribution in [-0.4, -0.2) is 12.1 Å². The first-order valence-corrected chi connectivity index (χ1v) is 4.81. The molecule has 0 saturated heterocycles. The third-order valence-corrected chi connectivity index (χ3v) is 3.21. The highest BCUT2D eigenvalue weighted by Gasteiger charge is 2.11. The zero-order valence-electron chi connectivity index (χ0n) is 6.69. The molecule has 0 aliphatic heterocycles. The van der Waals surface area contributed by atoms with Crippen LogP contribution in [0.4, 0.5) is 5.69 Å². The molecule has 12 heavy (non-hydrogen) atoms. The Hall–Kier alpha value is -0.290. The van der Waals surface area contributed by atoms with Crippen molar-refractivity contribution in [3.05, 3.63) is 14.6 Å². The molecule has 0 fully saturated rings. The van der Waals surface area contributed by atoms with Crippen molar-refractivity contribution < 1.29 is 4.74 Å². The Labute approximate surface area is 87.6 Å². The first-order chi connectivity index (χ1) is 5.57. The van der Waals surface area contributed by atoms with Crippen LogP contribution in [0.5, 0.6) is 5.88 Å². The minimum absolute atomic E-state index is 0.508. The van der Waals surface area contributed by atoms with Crippen LogP contribution in [0.3, 0.4) is 0 Å². The Morgan fingerprint density at radius 1 is 1.33 bits per heavy atom. The van der Waals surface area contributed by atoms with E-state index in [1.807, 2.05) is 6.92 Å². The van der Waals surface area contributed by atoms with Crippen LogP contribution >= 0.6 is 31.9 Å². The van der Waals surface area contributed by atoms with Gasteiger partial charge in [-0.05, 0) is 38.8 Å². The first kappa shape index (κ1) is 9.80. The predicted octanol–water partition coefficient (Wildman–Crippen LogP) is 2.51. The number of nitrogen functional groups attached to an aromatic ring is 1. The van der Waals surface area contributed by atoms with Crippen LogP contribution in [0, 0.1) is 6.92 Å². The number of rotatable bonds is 1. The molecule has 3 nitrogen and oxygen atoms in total. The Bertz CT molecular complexity index is 315. The number of aromatic nitrogens is 1. The summed E-state index contributed by atoms with van der Waals surface area (Å²) in [6.07, 6.45) is 0. The van der Waals surface area contributed by atoms with E-state index in [9.17, 15) is 0 Å². The molecule has 0 unspecified atom stereocenters. The maximum atomic E-state index is 5.75. The van der Waals surface area contributed by atoms with Crippen LogP contribution in [-0.2, 0) is 0 Å². The number of anilines is 1. The minimum atomic E-state index is 0.508. The van der Waals surface area contributed by atoms with Crippen molar-refractivity contribution in [2.75, 3.05) is 12.8 Å². The van der Waals surface area contributed by atoms with Gasteiger partial charge in [-0.15, -0.1) is 0 Å². The van der Waals surface area contributed by atoms with E-state index in [1.54, 1.807) is 7.11 Å². The summed E-state index contributed by atoms with van der Waals surface area (Å²) in [5.41, 5.74) is 7.17. The van der Waals surface area contributed by atoms with Gasteiger partial charge in [-0.1, -0.05) is 0 Å². The van der Waals surface area contributed by atoms with Gasteiger partial charge in [-0.2, -0.15) is 0 Å². The van der Waals surface area contributed by atoms with E-state index in [0.717, 1.165) is 10.2 Å². The third kappa shape index (κ3) is 1.56. The molecule has 1 aromatic rings. The molecule has 0 bridgehead atoms. The minimum Gasteiger partial charge on any atom is -0.480 e. The summed E-state index contributed by atoms with van der Waals surface area (Å²) in [5.74, 6) is 0.508. The lowest BCUT2D eigenvalue weighted by molar-refractivity contribution is 0.394. The highest BCUT2D eigenvalue weighted by Crippen LogP contribution is 2.35. The standard InChI is InChI=1S/C7H8Br2N2O/c1-3-4(8)6(10)5(9)7(11-3)12-2/h1-2H3,(H2,10,11). The Morgan fingerprint density at radius 2 is 1.92 bits per heavy atom. The molecule has 0 atom stereocenters. The summed E-state index contributed by atoms with van der Waals surface area (Å²) >= 11 is 6.60. The van der Waals surface area contributed by atoms with E-state index in [4.69, 9.17) is 10.5 Å². The molecule has 66 valence electrons. The summed E-state index contributed by atoms with van der Waals surface area (Å²) in [5, 5.41) is 0. The second-order valence-corrected chi connectivity index (χ2v) is 3.83. The summed E-state index contributed by atoms with van der Waals surface area (Å²) in [6.45, 7) is 1.86. The SMILES string of the molecule is COc1nc(C)c(Br)c(N)c1Br. The Morgan fingerprint density at radius 3 is 2.42 bits per heavy atom. The molecule has 1 heterocycles. The van der Waals surface area contributed by atoms with E-state index in [0.29, 0.717) is 16.0 Å². The van der Waals surface area contributed by atoms with E-state index in [1.165, 1.54) is 0 Å². The van der Waals surface area contributed by atoms with Crippen LogP contribution in [0.15, 0.2) is 8.95 Å². The van der Waals surface area contributed by atoms with Crippen LogP contribution in [0.1, 0.15) is 5.69 Å². The van der Waals surface area contributed by atoms with Crippen molar-refractivity contribution in [3.63, 3.8) is 0 Å². The average molecular weight is 296 g/mol. The molecule has 0 amide bonds. The number of hydrogen-bond acceptors (Lipinski definition) is 3. The summed E-state index contributed by atoms with van der Waals surface area (Å²) in [7, 11) is 1.56. The fraction of sp³-hybridized carbons (Fsp3) is 0.286. The Balaban J connectivity index is 3.39. The van der Waals surface area contributed by atoms with Crippen molar-refractivity contribution in [3.8, 4) is 5.88 Å². The van der Waals surface area contributed by atoms with E-state index in [2.05, 4.69) is 36.8 Å². The number of nitrogens with zero attached hydrogens (tertiary/aromatic N) is 1. The van der Waals surface area contributed by atoms with Gasteiger partial charge >= 0.3 is 0 Å². The van der Waals surface area contributed by atoms with Gasteiger partial charge < -0.3 is 10.5 Å². The highest BCUT2D eigenvalue weighted by molar-refractivity contribution is 9.11. The lowest BCUT2D eigenvalue weighted by Gasteiger charge is -2.08. The topological polar surface area (TPSA) is 48.1 Å². The van der Waals surface area contributed by atoms with E-state index >= 15 is 0 Å². The third-order valence-electron chi connectivity index (χ3n) is 1.44. The monoisotopic (exact) mass is 294 g/mol. The first-order valence-electron chi connectivity index (χ1n) is 3.23. The van der Waals surface area contributed by atoms with Gasteiger partial charge in [0.1, 0.15) is 4.47 Å². The van der Waals surface area contributed by atoms with Crippen molar-refractivity contribution in [2.24, 2.45) is 0 Å². The molecule has 1 aromatic heterocycles. The molecule has 0 spiro atoms. The number of halogens is 2. The molecule has 0 saturated carbocycles. The number of aryl methyl sites for hydroxylation is 1. The van der Waals surface area contributed by atoms with Crippen molar-refractivity contribution in [1.82, 2.24) is 4.98 Å². The number of pyridine rings is 1. The predicted molar refractivity (Wildman–Crippen MR) is 55.3 cm³/mol. The van der Waals surface area contributed by atoms with Crippen molar-refractivity contribution in [1.29, 1.82) is 0 Å². The number of methoxy groups -OCH3 is 1. The van der Waals surface area contributed by atoms with Crippen LogP contribution in [0.2, 0.25) is 0 Å². The summed E-state index contributed by atoms with van der Waals surface area (Å²) < 4.78 is 6.49. The lowest BCUT2D eigenvalue weighted by atomic mass is 10.3. The number of nitrogens with two attached hydrogens (primary N) is 1. The summed E-state index contributed by atoms with van der Waals surface area (Å²) in [4.78, 5) is 4.16. The quantitative estimate of drug-likeness (QED) is 0.866. The zero-order chi connectivity index (χ0) is 9.30. The maximum Gasteiger partial charge on any atom is 0.230 e. The molecule has 5 heteroatoms. The molecule has 0 radical (unpaired) electrons. The van der Waals surface area contributed by atoms with Gasteiger partial charge in [0, 0.05) is 0 Å². The molecule has 1 rings (SSSR count). The normalized spacial score (nSPS) is 10.0. The maximum absolute atomic E-state index is 5.75. The average Bonchev–Trinajstić information content (AvgIpc) is 2.08. The number of hydrogen-bond donors (Lipinski definition) is 1. The number of ether oxygens (including phenoxy) is 1. The Kier molecular flexibility index (Phi) is 2.95. The van der Waals surface area contributed by atoms with Crippen LogP contribution < -0.4 is 10.5 Å². The van der Waals surface area contributed by atoms with Crippen molar-refractivity contribution in [2.45, 2.75) is 6.92 Å². The highest BCUT2D eigenvalue weighted by atomic mass is 79.9. The van der Waals surface area contributed by atoms with E-state index in [-0.39, 0.29) is 0 Å². The molecule has 0 aliphatic carbocycles. The largest absolute Gasteiger partial charge is 0.480 e. The molecule has 0 aromatic carbocycles. The van der Waals surface area contributed by atoms with Gasteiger partial charge in [-0.25, -0.2) is 4.98 Å². The van der Waals surface area contributed by atoms with Gasteiger partial charge in [0.2, 0.25) is 5.88 Å². The molecule has 2 N–H and O–H groups in total. The van der Waals surface area contributed by atoms with Gasteiger partial charge in [0.15, 0.2) is 0 Å². The van der Waals surface area contributed by atoms with Crippen LogP contribution in [0.25, 0.3) is 0 Å². The summed E-state index contributed by atoms with van der Waals surface area (Å²) in [6, 6.07) is 0. The van der Waals surface area contributed by atoms with Gasteiger partial charge in [0.25, 0.3) is 0 Å².